The molecule has 0 fully saturated rings. The summed E-state index contributed by atoms with van der Waals surface area (Å²) in [5.41, 5.74) is 0. The molecule has 4 nitrogen and oxygen atoms in total. The number of rotatable bonds is 4. The Morgan fingerprint density at radius 2 is 2.24 bits per heavy atom. The van der Waals surface area contributed by atoms with Crippen molar-refractivity contribution in [3.8, 4) is 0 Å². The summed E-state index contributed by atoms with van der Waals surface area (Å²) in [6.45, 7) is 2.70. The number of oxazole rings is 1. The molecule has 17 heavy (non-hydrogen) atoms. The first-order valence-electron chi connectivity index (χ1n) is 4.88. The minimum atomic E-state index is 0.472. The van der Waals surface area contributed by atoms with Gasteiger partial charge in [0.1, 0.15) is 17.1 Å². The standard InChI is InChI=1S/C10H9Cl2N3OS/c1-2-13-8-6(11)5-7(12)9(15-8)17-10-14-3-4-16-10/h3-5H,2H2,1H3,(H,13,15). The molecule has 2 rings (SSSR count). The molecule has 0 aliphatic heterocycles. The molecule has 0 spiro atoms. The van der Waals surface area contributed by atoms with E-state index in [1.165, 1.54) is 18.0 Å². The highest BCUT2D eigenvalue weighted by molar-refractivity contribution is 7.99. The molecule has 0 radical (unpaired) electrons. The first-order chi connectivity index (χ1) is 8.20. The molecule has 0 amide bonds. The van der Waals surface area contributed by atoms with Crippen LogP contribution in [0.3, 0.4) is 0 Å². The molecule has 0 saturated carbocycles. The van der Waals surface area contributed by atoms with E-state index in [-0.39, 0.29) is 0 Å². The van der Waals surface area contributed by atoms with Crippen LogP contribution in [0.4, 0.5) is 5.82 Å². The fourth-order valence-electron chi connectivity index (χ4n) is 1.16. The van der Waals surface area contributed by atoms with Gasteiger partial charge in [-0.25, -0.2) is 9.97 Å². The lowest BCUT2D eigenvalue weighted by molar-refractivity contribution is 0.454. The van der Waals surface area contributed by atoms with Gasteiger partial charge >= 0.3 is 0 Å². The van der Waals surface area contributed by atoms with E-state index in [1.54, 1.807) is 12.3 Å². The summed E-state index contributed by atoms with van der Waals surface area (Å²) in [5, 5.41) is 5.12. The minimum Gasteiger partial charge on any atom is -0.440 e. The summed E-state index contributed by atoms with van der Waals surface area (Å²) >= 11 is 13.3. The van der Waals surface area contributed by atoms with E-state index in [9.17, 15) is 0 Å². The number of anilines is 1. The van der Waals surface area contributed by atoms with Crippen LogP contribution in [-0.4, -0.2) is 16.5 Å². The van der Waals surface area contributed by atoms with Gasteiger partial charge in [0.2, 0.25) is 0 Å². The molecule has 2 aromatic rings. The Kier molecular flexibility index (Phi) is 4.15. The lowest BCUT2D eigenvalue weighted by atomic mass is 10.4. The maximum atomic E-state index is 6.05. The topological polar surface area (TPSA) is 51.0 Å². The van der Waals surface area contributed by atoms with Gasteiger partial charge in [-0.3, -0.25) is 0 Å². The Balaban J connectivity index is 2.29. The SMILES string of the molecule is CCNc1nc(Sc2ncco2)c(Cl)cc1Cl. The highest BCUT2D eigenvalue weighted by Gasteiger charge is 2.12. The predicted molar refractivity (Wildman–Crippen MR) is 69.0 cm³/mol. The average molecular weight is 290 g/mol. The molecule has 0 unspecified atom stereocenters. The molecular formula is C10H9Cl2N3OS. The van der Waals surface area contributed by atoms with Crippen LogP contribution in [-0.2, 0) is 0 Å². The Hall–Kier alpha value is -0.910. The maximum Gasteiger partial charge on any atom is 0.262 e. The Morgan fingerprint density at radius 1 is 1.41 bits per heavy atom. The Morgan fingerprint density at radius 3 is 2.88 bits per heavy atom. The van der Waals surface area contributed by atoms with Crippen LogP contribution < -0.4 is 5.32 Å². The van der Waals surface area contributed by atoms with Gasteiger partial charge in [-0.1, -0.05) is 23.2 Å². The lowest BCUT2D eigenvalue weighted by Gasteiger charge is -2.08. The van der Waals surface area contributed by atoms with Crippen molar-refractivity contribution in [1.82, 2.24) is 9.97 Å². The highest BCUT2D eigenvalue weighted by Crippen LogP contribution is 2.34. The van der Waals surface area contributed by atoms with Crippen molar-refractivity contribution in [2.45, 2.75) is 17.2 Å². The van der Waals surface area contributed by atoms with Gasteiger partial charge in [-0.15, -0.1) is 0 Å². The van der Waals surface area contributed by atoms with E-state index in [1.807, 2.05) is 6.92 Å². The van der Waals surface area contributed by atoms with Gasteiger partial charge < -0.3 is 9.73 Å². The van der Waals surface area contributed by atoms with E-state index in [4.69, 9.17) is 27.6 Å². The largest absolute Gasteiger partial charge is 0.440 e. The normalized spacial score (nSPS) is 10.5. The van der Waals surface area contributed by atoms with Crippen LogP contribution in [0.25, 0.3) is 0 Å². The third kappa shape index (κ3) is 3.06. The summed E-state index contributed by atoms with van der Waals surface area (Å²) < 4.78 is 5.12. The number of hydrogen-bond donors (Lipinski definition) is 1. The van der Waals surface area contributed by atoms with Crippen molar-refractivity contribution < 1.29 is 4.42 Å². The molecule has 0 aliphatic rings. The third-order valence-corrected chi connectivity index (χ3v) is 3.40. The molecule has 1 N–H and O–H groups in total. The van der Waals surface area contributed by atoms with Crippen molar-refractivity contribution in [2.75, 3.05) is 11.9 Å². The second kappa shape index (κ2) is 5.62. The zero-order chi connectivity index (χ0) is 12.3. The summed E-state index contributed by atoms with van der Waals surface area (Å²) in [5.74, 6) is 0.604. The summed E-state index contributed by atoms with van der Waals surface area (Å²) in [7, 11) is 0. The second-order valence-corrected chi connectivity index (χ2v) is 4.79. The maximum absolute atomic E-state index is 6.05. The van der Waals surface area contributed by atoms with Crippen LogP contribution in [0, 0.1) is 0 Å². The average Bonchev–Trinajstić information content (AvgIpc) is 2.78. The monoisotopic (exact) mass is 289 g/mol. The molecular weight excluding hydrogens is 281 g/mol. The van der Waals surface area contributed by atoms with E-state index >= 15 is 0 Å². The smallest absolute Gasteiger partial charge is 0.262 e. The number of aromatic nitrogens is 2. The van der Waals surface area contributed by atoms with Gasteiger partial charge in [0, 0.05) is 6.54 Å². The van der Waals surface area contributed by atoms with Gasteiger partial charge in [0.25, 0.3) is 5.22 Å². The summed E-state index contributed by atoms with van der Waals surface area (Å²) in [6.07, 6.45) is 3.06. The molecule has 90 valence electrons. The number of nitrogens with one attached hydrogen (secondary N) is 1. The predicted octanol–water partition coefficient (Wildman–Crippen LogP) is 3.96. The molecule has 2 heterocycles. The second-order valence-electron chi connectivity index (χ2n) is 3.04. The fraction of sp³-hybridized carbons (Fsp3) is 0.200. The van der Waals surface area contributed by atoms with Crippen LogP contribution in [0.1, 0.15) is 6.92 Å². The molecule has 0 aliphatic carbocycles. The third-order valence-electron chi connectivity index (χ3n) is 1.84. The first kappa shape index (κ1) is 12.5. The van der Waals surface area contributed by atoms with Crippen LogP contribution in [0.2, 0.25) is 10.0 Å². The van der Waals surface area contributed by atoms with Gasteiger partial charge in [-0.05, 0) is 24.8 Å². The zero-order valence-electron chi connectivity index (χ0n) is 8.91. The van der Waals surface area contributed by atoms with Crippen molar-refractivity contribution in [2.24, 2.45) is 0 Å². The van der Waals surface area contributed by atoms with Crippen LogP contribution >= 0.6 is 35.0 Å². The molecule has 0 aromatic carbocycles. The number of nitrogens with zero attached hydrogens (tertiary/aromatic N) is 2. The Bertz CT molecular complexity index is 505. The van der Waals surface area contributed by atoms with Crippen molar-refractivity contribution >= 4 is 40.8 Å². The van der Waals surface area contributed by atoms with E-state index in [2.05, 4.69) is 15.3 Å². The molecule has 2 aromatic heterocycles. The highest BCUT2D eigenvalue weighted by atomic mass is 35.5. The summed E-state index contributed by atoms with van der Waals surface area (Å²) in [4.78, 5) is 8.32. The Labute approximate surface area is 113 Å². The van der Waals surface area contributed by atoms with E-state index in [0.717, 1.165) is 6.54 Å². The molecule has 0 saturated heterocycles. The number of halogens is 2. The summed E-state index contributed by atoms with van der Waals surface area (Å²) in [6, 6.07) is 1.65. The molecule has 0 bridgehead atoms. The molecule has 7 heteroatoms. The van der Waals surface area contributed by atoms with Crippen molar-refractivity contribution in [3.63, 3.8) is 0 Å². The minimum absolute atomic E-state index is 0.472. The van der Waals surface area contributed by atoms with Crippen LogP contribution in [0.5, 0.6) is 0 Å². The van der Waals surface area contributed by atoms with Gasteiger partial charge in [-0.2, -0.15) is 0 Å². The van der Waals surface area contributed by atoms with Crippen molar-refractivity contribution in [1.29, 1.82) is 0 Å². The van der Waals surface area contributed by atoms with Crippen molar-refractivity contribution in [3.05, 3.63) is 28.6 Å². The van der Waals surface area contributed by atoms with E-state index in [0.29, 0.717) is 26.1 Å². The van der Waals surface area contributed by atoms with Crippen LogP contribution in [0.15, 0.2) is 33.2 Å². The fourth-order valence-corrected chi connectivity index (χ4v) is 2.37. The van der Waals surface area contributed by atoms with Gasteiger partial charge in [0.15, 0.2) is 0 Å². The first-order valence-corrected chi connectivity index (χ1v) is 6.45. The van der Waals surface area contributed by atoms with E-state index < -0.39 is 0 Å². The number of hydrogen-bond acceptors (Lipinski definition) is 5. The van der Waals surface area contributed by atoms with Gasteiger partial charge in [0.05, 0.1) is 16.2 Å². The molecule has 0 atom stereocenters. The lowest BCUT2D eigenvalue weighted by Crippen LogP contribution is -2.00. The zero-order valence-corrected chi connectivity index (χ0v) is 11.2. The quantitative estimate of drug-likeness (QED) is 0.923. The number of pyridine rings is 1.